The Bertz CT molecular complexity index is 9880. The van der Waals surface area contributed by atoms with Crippen LogP contribution in [0.2, 0.25) is 0 Å². The number of aromatic nitrogens is 12. The van der Waals surface area contributed by atoms with E-state index in [1.54, 1.807) is 0 Å². The van der Waals surface area contributed by atoms with Crippen molar-refractivity contribution in [1.82, 2.24) is 55.9 Å². The number of hydrogen-bond acceptors (Lipinski definition) is 6. The Balaban J connectivity index is 0.000000113. The van der Waals surface area contributed by atoms with Gasteiger partial charge in [-0.3, -0.25) is 14.0 Å². The topological polar surface area (TPSA) is 93.2 Å². The maximum Gasteiger partial charge on any atom is 2.00 e. The van der Waals surface area contributed by atoms with Gasteiger partial charge in [0.25, 0.3) is 0 Å². The number of benzene rings is 17. The van der Waals surface area contributed by atoms with Gasteiger partial charge in [0, 0.05) is 63.8 Å². The molecule has 1 aliphatic heterocycles. The summed E-state index contributed by atoms with van der Waals surface area (Å²) >= 11 is 1.87. The van der Waals surface area contributed by atoms with Gasteiger partial charge in [-0.15, -0.1) is 124 Å². The molecular weight excluding hydrogens is 1930 g/mol. The van der Waals surface area contributed by atoms with Crippen LogP contribution in [0.15, 0.2) is 443 Å². The zero-order chi connectivity index (χ0) is 92.0. The average Bonchev–Trinajstić information content (AvgIpc) is 1.54. The Morgan fingerprint density at radius 1 is 0.301 bits per heavy atom. The first-order valence-electron chi connectivity index (χ1n) is 47.1. The molecule has 143 heavy (non-hydrogen) atoms. The molecular formula is C124H79Mn3N13P2S+2. The van der Waals surface area contributed by atoms with E-state index < -0.39 is 16.1 Å². The van der Waals surface area contributed by atoms with Crippen LogP contribution in [0.5, 0.6) is 0 Å². The largest absolute Gasteiger partial charge is 2.00 e. The van der Waals surface area contributed by atoms with Gasteiger partial charge in [-0.1, -0.05) is 259 Å². The van der Waals surface area contributed by atoms with Crippen molar-refractivity contribution < 1.29 is 51.2 Å². The summed E-state index contributed by atoms with van der Waals surface area (Å²) in [4.78, 5) is 19.0. The molecule has 0 N–H and O–H groups in total. The number of nitrogens with zero attached hydrogens (tertiary/aromatic N) is 13. The number of anilines is 2. The zero-order valence-electron chi connectivity index (χ0n) is 76.4. The molecule has 1 aliphatic rings. The standard InChI is InChI=1S/C49H30N3P.C43H27N4P.C32H20N6S.3Mn/c1-3-18-37(19-4-1)53(38-20-5-2-6-21-38)52-46-26-10-8-22-40(46)42-28-27-35-31-44-41-23-7-9-25-45(41)51(47(44)32-43(35)49(42)52)36-17-11-15-34(30-36)39-24-12-14-33-16-13-29-50-48(33)39;1-3-16-32(17-4-1)48(33-18-5-2-6-19-33)47-39-22-8-7-20-34(39)35-25-26-38-36(43(35)47)29-42-45(40-23-9-10-24-41(40)46(38)42)31-15-13-14-30(28-31)37-21-11-12-27-44-37;1-2-11-25-21(8-1)20-34-38(25)23-10-7-9-22(18-23)36-26-12-3-4-13-27(26)37-30(36)19-24-31-28(39-32(24)37)15-17-35(31)29-14-5-6-16-33-29;;;/h1-29,31H;1-27H;1-14,16,20H,15,17H2;;;/q3*-2;3*+2/p+2. The number of hydrogen-bond donors (Lipinski definition) is 0. The number of imidazole rings is 2. The molecule has 12 aromatic heterocycles. The maximum absolute atomic E-state index is 4.76. The van der Waals surface area contributed by atoms with E-state index in [0.717, 1.165) is 152 Å². The van der Waals surface area contributed by atoms with Gasteiger partial charge < -0.3 is 32.4 Å². The Morgan fingerprint density at radius 2 is 0.783 bits per heavy atom. The molecule has 30 rings (SSSR count). The van der Waals surface area contributed by atoms with Crippen LogP contribution in [0.3, 0.4) is 0 Å². The molecule has 0 atom stereocenters. The van der Waals surface area contributed by atoms with Crippen LogP contribution in [-0.4, -0.2) is 62.5 Å². The average molecular weight is 2010 g/mol. The fourth-order valence-electron chi connectivity index (χ4n) is 21.6. The molecule has 0 fully saturated rings. The van der Waals surface area contributed by atoms with Crippen LogP contribution in [0, 0.1) is 36.4 Å². The minimum absolute atomic E-state index is 0. The third-order valence-electron chi connectivity index (χ3n) is 27.6. The predicted octanol–water partition coefficient (Wildman–Crippen LogP) is 28.0. The first-order valence-corrected chi connectivity index (χ1v) is 50.8. The van der Waals surface area contributed by atoms with Crippen LogP contribution >= 0.6 is 27.5 Å². The second kappa shape index (κ2) is 36.7. The van der Waals surface area contributed by atoms with Gasteiger partial charge in [0.15, 0.2) is 8.07 Å². The van der Waals surface area contributed by atoms with Gasteiger partial charge in [-0.05, 0) is 204 Å². The first kappa shape index (κ1) is 88.6. The van der Waals surface area contributed by atoms with E-state index in [-0.39, 0.29) is 51.2 Å². The van der Waals surface area contributed by atoms with Crippen molar-refractivity contribution in [2.45, 2.75) is 6.42 Å². The minimum Gasteiger partial charge on any atom is -0.378 e. The Hall–Kier alpha value is -15.8. The SMILES string of the molecule is [Mn+2].[Mn+2].[Mn+2].[c-]1c(-c2cccc3cccnc23)cccc1-n1c2[c-]c3c(ccc4c5ccccc5n([PH+](c5ccccc5)c5ccccc5)c34)cc2c2ccccc21.[c-]1c(-c2ccccn2)cccc1-n1c2ccccc2n2c3ccc4c5ccccc5n([PH+](c5ccccc5)c5ccccc5)c4c3[c-]c12.[c-]1c(-n2ncc3ccccc32)cccc1-n1c2ccccc2n2c3sc4c(c3[c-]c12)N(c1ccccn1)CC4. The fourth-order valence-corrected chi connectivity index (χ4v) is 28.4. The normalized spacial score (nSPS) is 12.1. The van der Waals surface area contributed by atoms with E-state index in [9.17, 15) is 0 Å². The maximum atomic E-state index is 4.76. The van der Waals surface area contributed by atoms with Gasteiger partial charge in [0.2, 0.25) is 0 Å². The number of thiophene rings is 1. The molecule has 675 valence electrons. The van der Waals surface area contributed by atoms with Gasteiger partial charge >= 0.3 is 51.2 Å². The number of fused-ring (bicyclic) bond motifs is 26. The Morgan fingerprint density at radius 3 is 1.42 bits per heavy atom. The van der Waals surface area contributed by atoms with E-state index in [0.29, 0.717) is 0 Å². The molecule has 0 saturated carbocycles. The van der Waals surface area contributed by atoms with Crippen LogP contribution in [0.25, 0.3) is 198 Å². The van der Waals surface area contributed by atoms with Crippen molar-refractivity contribution in [3.8, 4) is 45.1 Å². The molecule has 29 aromatic rings. The molecule has 17 aromatic carbocycles. The van der Waals surface area contributed by atoms with Gasteiger partial charge in [0.05, 0.1) is 44.8 Å². The molecule has 0 bridgehead atoms. The monoisotopic (exact) mass is 2010 g/mol. The van der Waals surface area contributed by atoms with E-state index >= 15 is 0 Å². The van der Waals surface area contributed by atoms with Gasteiger partial charge in [-0.2, -0.15) is 11.2 Å². The molecule has 13 nitrogen and oxygen atoms in total. The van der Waals surface area contributed by atoms with E-state index in [1.807, 2.05) is 83.3 Å². The van der Waals surface area contributed by atoms with Crippen molar-refractivity contribution >= 4 is 213 Å². The predicted molar refractivity (Wildman–Crippen MR) is 584 cm³/mol. The van der Waals surface area contributed by atoms with Gasteiger partial charge in [-0.25, -0.2) is 20.7 Å². The molecule has 3 radical (unpaired) electrons. The summed E-state index contributed by atoms with van der Waals surface area (Å²) in [5, 5.41) is 24.2. The molecule has 0 amide bonds. The molecule has 19 heteroatoms. The summed E-state index contributed by atoms with van der Waals surface area (Å²) < 4.78 is 18.9. The molecule has 13 heterocycles. The van der Waals surface area contributed by atoms with E-state index in [2.05, 4.69) is 464 Å². The van der Waals surface area contributed by atoms with Crippen LogP contribution in [0.4, 0.5) is 11.5 Å². The second-order valence-corrected chi connectivity index (χ2v) is 41.1. The van der Waals surface area contributed by atoms with Crippen molar-refractivity contribution in [3.05, 3.63) is 485 Å². The summed E-state index contributed by atoms with van der Waals surface area (Å²) in [5.74, 6) is 0.987. The van der Waals surface area contributed by atoms with E-state index in [4.69, 9.17) is 4.98 Å². The summed E-state index contributed by atoms with van der Waals surface area (Å²) in [5.41, 5.74) is 25.8. The third kappa shape index (κ3) is 14.6. The number of pyridine rings is 3. The molecule has 0 aliphatic carbocycles. The van der Waals surface area contributed by atoms with Crippen molar-refractivity contribution in [2.24, 2.45) is 0 Å². The molecule has 0 saturated heterocycles. The summed E-state index contributed by atoms with van der Waals surface area (Å²) in [6.45, 7) is 0.941. The zero-order valence-corrected chi connectivity index (χ0v) is 82.8. The van der Waals surface area contributed by atoms with Crippen LogP contribution < -0.4 is 26.1 Å². The molecule has 0 spiro atoms. The number of para-hydroxylation sites is 9. The number of rotatable bonds is 13. The Labute approximate surface area is 860 Å². The Kier molecular flexibility index (Phi) is 22.7. The quantitative estimate of drug-likeness (QED) is 0.0651. The summed E-state index contributed by atoms with van der Waals surface area (Å²) in [6, 6.07) is 172. The van der Waals surface area contributed by atoms with Crippen molar-refractivity contribution in [2.75, 3.05) is 11.4 Å². The smallest absolute Gasteiger partial charge is 0.378 e. The molecule has 0 unspecified atom stereocenters. The van der Waals surface area contributed by atoms with Crippen LogP contribution in [0.1, 0.15) is 4.88 Å². The first-order chi connectivity index (χ1) is 69.5. The summed E-state index contributed by atoms with van der Waals surface area (Å²) in [6.07, 6.45) is 8.49. The van der Waals surface area contributed by atoms with Gasteiger partial charge in [0.1, 0.15) is 35.1 Å². The van der Waals surface area contributed by atoms with Crippen molar-refractivity contribution in [1.29, 1.82) is 0 Å². The third-order valence-corrected chi connectivity index (χ3v) is 34.1. The van der Waals surface area contributed by atoms with Crippen LogP contribution in [-0.2, 0) is 57.6 Å². The van der Waals surface area contributed by atoms with Crippen molar-refractivity contribution in [3.63, 3.8) is 0 Å². The minimum atomic E-state index is -1.49. The summed E-state index contributed by atoms with van der Waals surface area (Å²) in [7, 11) is -2.96. The van der Waals surface area contributed by atoms with E-state index in [1.165, 1.54) is 96.4 Å². The second-order valence-electron chi connectivity index (χ2n) is 35.4. The fraction of sp³-hybridized carbons (Fsp3) is 0.0161.